The fourth-order valence-electron chi connectivity index (χ4n) is 2.20. The Kier molecular flexibility index (Phi) is 3.34. The van der Waals surface area contributed by atoms with Crippen LogP contribution < -0.4 is 5.46 Å². The molecule has 7 heteroatoms. The smallest absolute Gasteiger partial charge is 0.399 e. The summed E-state index contributed by atoms with van der Waals surface area (Å²) in [6.45, 7) is 8.87. The molecule has 0 amide bonds. The van der Waals surface area contributed by atoms with Crippen LogP contribution in [-0.2, 0) is 15.9 Å². The summed E-state index contributed by atoms with van der Waals surface area (Å²) in [7, 11) is -0.322. The lowest BCUT2D eigenvalue weighted by atomic mass is 9.79. The summed E-state index contributed by atoms with van der Waals surface area (Å²) in [6.07, 6.45) is 1.60. The van der Waals surface area contributed by atoms with Crippen LogP contribution in [0.15, 0.2) is 30.6 Å². The Morgan fingerprint density at radius 3 is 2.19 bits per heavy atom. The van der Waals surface area contributed by atoms with Crippen LogP contribution in [0.1, 0.15) is 33.3 Å². The van der Waals surface area contributed by atoms with Gasteiger partial charge in [-0.25, -0.2) is 4.68 Å². The Bertz CT molecular complexity index is 594. The minimum atomic E-state index is -0.322. The van der Waals surface area contributed by atoms with Crippen LogP contribution in [0, 0.1) is 0 Å². The summed E-state index contributed by atoms with van der Waals surface area (Å²) in [6, 6.07) is 8.15. The van der Waals surface area contributed by atoms with Crippen LogP contribution in [0.25, 0.3) is 0 Å². The van der Waals surface area contributed by atoms with E-state index in [-0.39, 0.29) is 18.3 Å². The topological polar surface area (TPSA) is 62.1 Å². The highest BCUT2D eigenvalue weighted by molar-refractivity contribution is 6.62. The molecule has 0 aliphatic carbocycles. The number of hydrogen-bond acceptors (Lipinski definition) is 5. The Labute approximate surface area is 124 Å². The van der Waals surface area contributed by atoms with Crippen molar-refractivity contribution in [2.75, 3.05) is 0 Å². The lowest BCUT2D eigenvalue weighted by Gasteiger charge is -2.32. The second-order valence-corrected chi connectivity index (χ2v) is 6.34. The Hall–Kier alpha value is -1.73. The van der Waals surface area contributed by atoms with E-state index < -0.39 is 0 Å². The van der Waals surface area contributed by atoms with E-state index >= 15 is 0 Å². The normalized spacial score (nSPS) is 19.9. The molecule has 2 aromatic rings. The van der Waals surface area contributed by atoms with Crippen molar-refractivity contribution in [3.05, 3.63) is 36.2 Å². The molecule has 0 radical (unpaired) electrons. The van der Waals surface area contributed by atoms with Gasteiger partial charge in [0, 0.05) is 0 Å². The molecule has 1 aromatic carbocycles. The number of benzene rings is 1. The summed E-state index contributed by atoms with van der Waals surface area (Å²) in [5, 5.41) is 11.1. The molecule has 1 aromatic heterocycles. The number of rotatable bonds is 3. The molecule has 0 saturated carbocycles. The van der Waals surface area contributed by atoms with Gasteiger partial charge in [0.05, 0.1) is 17.7 Å². The van der Waals surface area contributed by atoms with E-state index in [2.05, 4.69) is 43.2 Å². The Morgan fingerprint density at radius 2 is 1.67 bits per heavy atom. The fraction of sp³-hybridized carbons (Fsp3) is 0.500. The van der Waals surface area contributed by atoms with Gasteiger partial charge in [-0.3, -0.25) is 0 Å². The van der Waals surface area contributed by atoms with E-state index in [0.29, 0.717) is 6.54 Å². The molecule has 0 unspecified atom stereocenters. The molecular formula is C14H19BN4O2. The molecular weight excluding hydrogens is 267 g/mol. The average molecular weight is 286 g/mol. The third kappa shape index (κ3) is 2.71. The minimum Gasteiger partial charge on any atom is -0.399 e. The van der Waals surface area contributed by atoms with Crippen molar-refractivity contribution < 1.29 is 9.31 Å². The van der Waals surface area contributed by atoms with Crippen LogP contribution >= 0.6 is 0 Å². The van der Waals surface area contributed by atoms with E-state index in [1.807, 2.05) is 24.3 Å². The van der Waals surface area contributed by atoms with E-state index in [9.17, 15) is 0 Å². The third-order valence-electron chi connectivity index (χ3n) is 4.24. The largest absolute Gasteiger partial charge is 0.494 e. The van der Waals surface area contributed by atoms with E-state index in [1.54, 1.807) is 11.0 Å². The van der Waals surface area contributed by atoms with Crippen LogP contribution in [0.3, 0.4) is 0 Å². The van der Waals surface area contributed by atoms with Gasteiger partial charge in [0.25, 0.3) is 0 Å². The van der Waals surface area contributed by atoms with Gasteiger partial charge in [-0.05, 0) is 49.1 Å². The van der Waals surface area contributed by atoms with Crippen LogP contribution in [-0.4, -0.2) is 38.5 Å². The van der Waals surface area contributed by atoms with E-state index in [1.165, 1.54) is 0 Å². The molecule has 2 heterocycles. The maximum Gasteiger partial charge on any atom is 0.494 e. The zero-order valence-electron chi connectivity index (χ0n) is 12.8. The van der Waals surface area contributed by atoms with Gasteiger partial charge in [0.15, 0.2) is 0 Å². The van der Waals surface area contributed by atoms with Crippen molar-refractivity contribution in [3.63, 3.8) is 0 Å². The Morgan fingerprint density at radius 1 is 1.05 bits per heavy atom. The minimum absolute atomic E-state index is 0.317. The summed E-state index contributed by atoms with van der Waals surface area (Å²) in [5.74, 6) is 0. The molecule has 110 valence electrons. The van der Waals surface area contributed by atoms with Crippen LogP contribution in [0.5, 0.6) is 0 Å². The zero-order chi connectivity index (χ0) is 15.1. The Balaban J connectivity index is 1.73. The number of hydrogen-bond donors (Lipinski definition) is 0. The summed E-state index contributed by atoms with van der Waals surface area (Å²) in [5.41, 5.74) is 1.52. The number of tetrazole rings is 1. The number of aromatic nitrogens is 4. The van der Waals surface area contributed by atoms with Crippen LogP contribution in [0.2, 0.25) is 0 Å². The van der Waals surface area contributed by atoms with Gasteiger partial charge in [0.2, 0.25) is 0 Å². The molecule has 0 spiro atoms. The van der Waals surface area contributed by atoms with Gasteiger partial charge in [-0.2, -0.15) is 0 Å². The van der Waals surface area contributed by atoms with Gasteiger partial charge >= 0.3 is 7.12 Å². The molecule has 1 aliphatic rings. The quantitative estimate of drug-likeness (QED) is 0.788. The molecule has 0 N–H and O–H groups in total. The maximum absolute atomic E-state index is 6.04. The van der Waals surface area contributed by atoms with Crippen molar-refractivity contribution in [3.8, 4) is 0 Å². The first-order valence-corrected chi connectivity index (χ1v) is 7.03. The standard InChI is InChI=1S/C14H19BN4O2/c1-13(2)14(3,4)21-15(20-13)12-7-5-11(6-8-12)9-19-10-16-17-18-19/h5-8,10H,9H2,1-4H3. The van der Waals surface area contributed by atoms with E-state index in [4.69, 9.17) is 9.31 Å². The molecule has 0 atom stereocenters. The van der Waals surface area contributed by atoms with Crippen molar-refractivity contribution in [2.24, 2.45) is 0 Å². The molecule has 0 bridgehead atoms. The first-order chi connectivity index (χ1) is 9.87. The predicted octanol–water partition coefficient (Wildman–Crippen LogP) is 1.02. The van der Waals surface area contributed by atoms with Gasteiger partial charge in [0.1, 0.15) is 6.33 Å². The van der Waals surface area contributed by atoms with Gasteiger partial charge in [-0.15, -0.1) is 5.10 Å². The second kappa shape index (κ2) is 4.93. The average Bonchev–Trinajstić information content (AvgIpc) is 2.97. The van der Waals surface area contributed by atoms with Gasteiger partial charge in [-0.1, -0.05) is 24.3 Å². The van der Waals surface area contributed by atoms with Crippen LogP contribution in [0.4, 0.5) is 0 Å². The molecule has 1 fully saturated rings. The molecule has 6 nitrogen and oxygen atoms in total. The van der Waals surface area contributed by atoms with Crippen molar-refractivity contribution in [1.29, 1.82) is 0 Å². The highest BCUT2D eigenvalue weighted by Crippen LogP contribution is 2.36. The lowest BCUT2D eigenvalue weighted by molar-refractivity contribution is 0.00578. The summed E-state index contributed by atoms with van der Waals surface area (Å²) in [4.78, 5) is 0. The first-order valence-electron chi connectivity index (χ1n) is 7.03. The zero-order valence-corrected chi connectivity index (χ0v) is 12.8. The first kappa shape index (κ1) is 14.2. The molecule has 1 aliphatic heterocycles. The SMILES string of the molecule is CC1(C)OB(c2ccc(Cn3cnnn3)cc2)OC1(C)C. The molecule has 3 rings (SSSR count). The summed E-state index contributed by atoms with van der Waals surface area (Å²) < 4.78 is 13.8. The highest BCUT2D eigenvalue weighted by Gasteiger charge is 2.51. The van der Waals surface area contributed by atoms with Crippen molar-refractivity contribution in [1.82, 2.24) is 20.2 Å². The third-order valence-corrected chi connectivity index (χ3v) is 4.24. The highest BCUT2D eigenvalue weighted by atomic mass is 16.7. The lowest BCUT2D eigenvalue weighted by Crippen LogP contribution is -2.41. The number of nitrogens with zero attached hydrogens (tertiary/aromatic N) is 4. The predicted molar refractivity (Wildman–Crippen MR) is 79.1 cm³/mol. The molecule has 21 heavy (non-hydrogen) atoms. The van der Waals surface area contributed by atoms with Gasteiger partial charge < -0.3 is 9.31 Å². The monoisotopic (exact) mass is 286 g/mol. The van der Waals surface area contributed by atoms with Crippen molar-refractivity contribution in [2.45, 2.75) is 45.4 Å². The fourth-order valence-corrected chi connectivity index (χ4v) is 2.20. The second-order valence-electron chi connectivity index (χ2n) is 6.34. The van der Waals surface area contributed by atoms with E-state index in [0.717, 1.165) is 11.0 Å². The summed E-state index contributed by atoms with van der Waals surface area (Å²) >= 11 is 0. The molecule has 1 saturated heterocycles. The maximum atomic E-state index is 6.04. The van der Waals surface area contributed by atoms with Crippen molar-refractivity contribution >= 4 is 12.6 Å².